The van der Waals surface area contributed by atoms with Crippen LogP contribution >= 0.6 is 0 Å². The third kappa shape index (κ3) is 2.15. The van der Waals surface area contributed by atoms with Crippen LogP contribution < -0.4 is 0 Å². The number of rotatable bonds is 2. The number of nitrogens with zero attached hydrogens (tertiary/aromatic N) is 1. The number of aromatic nitrogens is 1. The van der Waals surface area contributed by atoms with Gasteiger partial charge >= 0.3 is 0 Å². The van der Waals surface area contributed by atoms with E-state index < -0.39 is 0 Å². The molecule has 2 heteroatoms. The molecule has 0 aliphatic rings. The molecule has 0 radical (unpaired) electrons. The van der Waals surface area contributed by atoms with Gasteiger partial charge < -0.3 is 4.57 Å². The van der Waals surface area contributed by atoms with E-state index in [1.807, 2.05) is 24.3 Å². The maximum Gasteiger partial charge on any atom is 0.150 e. The molecule has 0 unspecified atom stereocenters. The fourth-order valence-corrected chi connectivity index (χ4v) is 3.27. The first-order valence-electron chi connectivity index (χ1n) is 7.74. The summed E-state index contributed by atoms with van der Waals surface area (Å²) in [5.74, 6) is 0. The molecule has 0 saturated heterocycles. The maximum atomic E-state index is 11.1. The summed E-state index contributed by atoms with van der Waals surface area (Å²) in [7, 11) is 0. The van der Waals surface area contributed by atoms with Gasteiger partial charge in [0.2, 0.25) is 0 Å². The molecule has 0 aliphatic heterocycles. The van der Waals surface area contributed by atoms with E-state index in [9.17, 15) is 4.79 Å². The Bertz CT molecular complexity index is 997. The van der Waals surface area contributed by atoms with Crippen molar-refractivity contribution < 1.29 is 4.79 Å². The Labute approximate surface area is 135 Å². The number of carbonyl (C=O) groups is 1. The largest absolute Gasteiger partial charge is 0.309 e. The maximum absolute atomic E-state index is 11.1. The fraction of sp³-hybridized carbons (Fsp3) is 0.0952. The lowest BCUT2D eigenvalue weighted by molar-refractivity contribution is 0.112. The van der Waals surface area contributed by atoms with Crippen LogP contribution in [0.3, 0.4) is 0 Å². The minimum absolute atomic E-state index is 0.691. The third-order valence-corrected chi connectivity index (χ3v) is 4.34. The van der Waals surface area contributed by atoms with E-state index in [4.69, 9.17) is 0 Å². The molecule has 0 N–H and O–H groups in total. The molecule has 2 nitrogen and oxygen atoms in total. The average Bonchev–Trinajstić information content (AvgIpc) is 2.88. The van der Waals surface area contributed by atoms with Crippen molar-refractivity contribution in [2.75, 3.05) is 0 Å². The van der Waals surface area contributed by atoms with Gasteiger partial charge in [0.15, 0.2) is 0 Å². The van der Waals surface area contributed by atoms with Gasteiger partial charge in [-0.1, -0.05) is 35.4 Å². The number of hydrogen-bond acceptors (Lipinski definition) is 1. The zero-order chi connectivity index (χ0) is 16.0. The zero-order valence-electron chi connectivity index (χ0n) is 13.2. The number of benzene rings is 3. The summed E-state index contributed by atoms with van der Waals surface area (Å²) in [5.41, 5.74) is 6.54. The Morgan fingerprint density at radius 2 is 1.39 bits per heavy atom. The van der Waals surface area contributed by atoms with Crippen LogP contribution in [-0.4, -0.2) is 10.9 Å². The van der Waals surface area contributed by atoms with Gasteiger partial charge in [-0.25, -0.2) is 0 Å². The van der Waals surface area contributed by atoms with Crippen molar-refractivity contribution in [2.45, 2.75) is 13.8 Å². The molecular weight excluding hydrogens is 282 g/mol. The van der Waals surface area contributed by atoms with Crippen molar-refractivity contribution in [1.82, 2.24) is 4.57 Å². The molecule has 0 amide bonds. The van der Waals surface area contributed by atoms with Crippen LogP contribution in [-0.2, 0) is 0 Å². The lowest BCUT2D eigenvalue weighted by atomic mass is 10.1. The van der Waals surface area contributed by atoms with Gasteiger partial charge in [-0.2, -0.15) is 0 Å². The molecule has 4 aromatic rings. The first-order chi connectivity index (χ1) is 11.2. The normalized spacial score (nSPS) is 11.2. The summed E-state index contributed by atoms with van der Waals surface area (Å²) in [6.07, 6.45) is 0.895. The van der Waals surface area contributed by atoms with Crippen LogP contribution in [0.5, 0.6) is 0 Å². The number of fused-ring (bicyclic) bond motifs is 3. The van der Waals surface area contributed by atoms with Crippen LogP contribution in [0.2, 0.25) is 0 Å². The van der Waals surface area contributed by atoms with Crippen molar-refractivity contribution in [1.29, 1.82) is 0 Å². The predicted molar refractivity (Wildman–Crippen MR) is 95.6 cm³/mol. The van der Waals surface area contributed by atoms with Gasteiger partial charge in [0.05, 0.1) is 11.0 Å². The number of carbonyl (C=O) groups excluding carboxylic acids is 1. The standard InChI is InChI=1S/C21H17NO/c1-14-6-8-20-18(10-14)19-11-15(2)7-9-21(19)22(20)17-5-3-4-16(12-17)13-23/h3-13H,1-2H3. The second-order valence-electron chi connectivity index (χ2n) is 6.09. The molecule has 0 fully saturated rings. The van der Waals surface area contributed by atoms with E-state index in [1.54, 1.807) is 0 Å². The lowest BCUT2D eigenvalue weighted by Crippen LogP contribution is -1.95. The van der Waals surface area contributed by atoms with Gasteiger partial charge in [-0.3, -0.25) is 4.79 Å². The predicted octanol–water partition coefficient (Wildman–Crippen LogP) is 5.21. The highest BCUT2D eigenvalue weighted by Gasteiger charge is 2.12. The Kier molecular flexibility index (Phi) is 3.05. The highest BCUT2D eigenvalue weighted by Crippen LogP contribution is 2.33. The van der Waals surface area contributed by atoms with E-state index in [0.29, 0.717) is 5.56 Å². The Hall–Kier alpha value is -2.87. The Morgan fingerprint density at radius 3 is 1.96 bits per heavy atom. The highest BCUT2D eigenvalue weighted by molar-refractivity contribution is 6.09. The minimum Gasteiger partial charge on any atom is -0.309 e. The van der Waals surface area contributed by atoms with Crippen LogP contribution in [0.1, 0.15) is 21.5 Å². The molecule has 1 aromatic heterocycles. The van der Waals surface area contributed by atoms with Gasteiger partial charge in [0.1, 0.15) is 6.29 Å². The highest BCUT2D eigenvalue weighted by atomic mass is 16.1. The van der Waals surface area contributed by atoms with E-state index in [2.05, 4.69) is 54.8 Å². The molecule has 0 aliphatic carbocycles. The van der Waals surface area contributed by atoms with E-state index in [0.717, 1.165) is 12.0 Å². The van der Waals surface area contributed by atoms with Crippen molar-refractivity contribution >= 4 is 28.1 Å². The van der Waals surface area contributed by atoms with Gasteiger partial charge in [0, 0.05) is 22.0 Å². The van der Waals surface area contributed by atoms with Crippen molar-refractivity contribution in [2.24, 2.45) is 0 Å². The Balaban J connectivity index is 2.17. The summed E-state index contributed by atoms with van der Waals surface area (Å²) >= 11 is 0. The molecule has 0 bridgehead atoms. The first kappa shape index (κ1) is 13.8. The molecule has 1 heterocycles. The van der Waals surface area contributed by atoms with E-state index in [-0.39, 0.29) is 0 Å². The van der Waals surface area contributed by atoms with Crippen molar-refractivity contribution in [3.63, 3.8) is 0 Å². The van der Waals surface area contributed by atoms with Gasteiger partial charge in [-0.05, 0) is 50.2 Å². The first-order valence-corrected chi connectivity index (χ1v) is 7.74. The molecule has 112 valence electrons. The summed E-state index contributed by atoms with van der Waals surface area (Å²) < 4.78 is 2.23. The number of aldehydes is 1. The van der Waals surface area contributed by atoms with Crippen LogP contribution in [0.4, 0.5) is 0 Å². The van der Waals surface area contributed by atoms with Gasteiger partial charge in [0.25, 0.3) is 0 Å². The second kappa shape index (κ2) is 5.10. The second-order valence-corrected chi connectivity index (χ2v) is 6.09. The molecule has 4 rings (SSSR count). The fourth-order valence-electron chi connectivity index (χ4n) is 3.27. The summed E-state index contributed by atoms with van der Waals surface area (Å²) in [6, 6.07) is 20.8. The van der Waals surface area contributed by atoms with Crippen LogP contribution in [0, 0.1) is 13.8 Å². The Morgan fingerprint density at radius 1 is 0.783 bits per heavy atom. The monoisotopic (exact) mass is 299 g/mol. The van der Waals surface area contributed by atoms with Crippen molar-refractivity contribution in [3.8, 4) is 5.69 Å². The summed E-state index contributed by atoms with van der Waals surface area (Å²) in [6.45, 7) is 4.23. The SMILES string of the molecule is Cc1ccc2c(c1)c1cc(C)ccc1n2-c1cccc(C=O)c1. The topological polar surface area (TPSA) is 22.0 Å². The van der Waals surface area contributed by atoms with Gasteiger partial charge in [-0.15, -0.1) is 0 Å². The molecule has 0 spiro atoms. The average molecular weight is 299 g/mol. The smallest absolute Gasteiger partial charge is 0.150 e. The van der Waals surface area contributed by atoms with Crippen LogP contribution in [0.15, 0.2) is 60.7 Å². The summed E-state index contributed by atoms with van der Waals surface area (Å²) in [5, 5.41) is 2.50. The minimum atomic E-state index is 0.691. The molecular formula is C21H17NO. The number of hydrogen-bond donors (Lipinski definition) is 0. The van der Waals surface area contributed by atoms with Crippen molar-refractivity contribution in [3.05, 3.63) is 77.4 Å². The van der Waals surface area contributed by atoms with Crippen LogP contribution in [0.25, 0.3) is 27.5 Å². The molecule has 23 heavy (non-hydrogen) atoms. The number of aryl methyl sites for hydroxylation is 2. The quantitative estimate of drug-likeness (QED) is 0.465. The van der Waals surface area contributed by atoms with E-state index in [1.165, 1.54) is 32.9 Å². The molecule has 3 aromatic carbocycles. The van der Waals surface area contributed by atoms with E-state index >= 15 is 0 Å². The zero-order valence-corrected chi connectivity index (χ0v) is 13.2. The molecule has 0 saturated carbocycles. The summed E-state index contributed by atoms with van der Waals surface area (Å²) in [4.78, 5) is 11.1. The third-order valence-electron chi connectivity index (χ3n) is 4.34. The molecule has 0 atom stereocenters. The lowest BCUT2D eigenvalue weighted by Gasteiger charge is -2.08.